The van der Waals surface area contributed by atoms with E-state index < -0.39 is 0 Å². The first-order valence-electron chi connectivity index (χ1n) is 10.6. The molecule has 1 aromatic heterocycles. The van der Waals surface area contributed by atoms with Crippen molar-refractivity contribution in [3.8, 4) is 0 Å². The summed E-state index contributed by atoms with van der Waals surface area (Å²) in [6.45, 7) is 4.55. The highest BCUT2D eigenvalue weighted by Gasteiger charge is 2.21. The van der Waals surface area contributed by atoms with E-state index in [2.05, 4.69) is 29.6 Å². The molecule has 4 rings (SSSR count). The summed E-state index contributed by atoms with van der Waals surface area (Å²) < 4.78 is 5.37. The van der Waals surface area contributed by atoms with Crippen molar-refractivity contribution in [1.82, 2.24) is 10.3 Å². The van der Waals surface area contributed by atoms with Crippen molar-refractivity contribution in [2.24, 2.45) is 0 Å². The zero-order valence-corrected chi connectivity index (χ0v) is 17.8. The van der Waals surface area contributed by atoms with Crippen LogP contribution in [-0.4, -0.2) is 17.6 Å². The fraction of sp³-hybridized carbons (Fsp3) is 0.185. The third-order valence-electron chi connectivity index (χ3n) is 5.45. The van der Waals surface area contributed by atoms with Crippen LogP contribution in [0.15, 0.2) is 84.9 Å². The largest absolute Gasteiger partial charge is 0.462 e. The molecule has 0 bridgehead atoms. The number of aryl methyl sites for hydroxylation is 1. The maximum absolute atomic E-state index is 12.8. The molecule has 0 aliphatic rings. The predicted octanol–water partition coefficient (Wildman–Crippen LogP) is 5.60. The molecule has 0 atom stereocenters. The molecule has 0 saturated carbocycles. The summed E-state index contributed by atoms with van der Waals surface area (Å²) in [4.78, 5) is 17.7. The number of ether oxygens (including phenoxy) is 1. The van der Waals surface area contributed by atoms with Crippen molar-refractivity contribution < 1.29 is 9.53 Å². The molecule has 0 unspecified atom stereocenters. The van der Waals surface area contributed by atoms with Crippen LogP contribution >= 0.6 is 0 Å². The lowest BCUT2D eigenvalue weighted by Crippen LogP contribution is -2.24. The van der Waals surface area contributed by atoms with E-state index in [1.807, 2.05) is 74.5 Å². The predicted molar refractivity (Wildman–Crippen MR) is 124 cm³/mol. The molecular formula is C27H26N2O2. The van der Waals surface area contributed by atoms with Gasteiger partial charge in [-0.2, -0.15) is 0 Å². The van der Waals surface area contributed by atoms with Crippen LogP contribution in [0.1, 0.15) is 45.7 Å². The lowest BCUT2D eigenvalue weighted by atomic mass is 9.97. The van der Waals surface area contributed by atoms with E-state index in [1.165, 1.54) is 0 Å². The molecule has 0 fully saturated rings. The third-order valence-corrected chi connectivity index (χ3v) is 5.45. The van der Waals surface area contributed by atoms with Crippen LogP contribution in [0.5, 0.6) is 0 Å². The number of carbonyl (C=O) groups is 1. The zero-order valence-electron chi connectivity index (χ0n) is 17.8. The number of benzene rings is 3. The number of pyridine rings is 1. The first-order chi connectivity index (χ1) is 15.2. The van der Waals surface area contributed by atoms with Gasteiger partial charge in [-0.3, -0.25) is 4.98 Å². The molecule has 156 valence electrons. The second-order valence-corrected chi connectivity index (χ2v) is 7.43. The molecule has 0 aliphatic heterocycles. The molecule has 0 amide bonds. The molecular weight excluding hydrogens is 384 g/mol. The van der Waals surface area contributed by atoms with E-state index in [0.717, 1.165) is 27.6 Å². The molecule has 31 heavy (non-hydrogen) atoms. The number of rotatable bonds is 7. The Morgan fingerprint density at radius 3 is 2.10 bits per heavy atom. The molecule has 4 aromatic rings. The maximum Gasteiger partial charge on any atom is 0.340 e. The quantitative estimate of drug-likeness (QED) is 0.403. The smallest absolute Gasteiger partial charge is 0.340 e. The van der Waals surface area contributed by atoms with E-state index in [9.17, 15) is 4.79 Å². The van der Waals surface area contributed by atoms with Crippen molar-refractivity contribution in [2.45, 2.75) is 26.4 Å². The van der Waals surface area contributed by atoms with Crippen molar-refractivity contribution in [3.05, 3.63) is 113 Å². The average molecular weight is 411 g/mol. The van der Waals surface area contributed by atoms with Gasteiger partial charge in [-0.05, 0) is 36.6 Å². The number of hydrogen-bond donors (Lipinski definition) is 1. The minimum absolute atomic E-state index is 0.0222. The SMILES string of the molecule is CCOC(=O)c1c(CNC(c2ccccc2)c2ccccc2)nc2ccccc2c1C. The van der Waals surface area contributed by atoms with E-state index >= 15 is 0 Å². The fourth-order valence-electron chi connectivity index (χ4n) is 3.96. The number of nitrogens with one attached hydrogen (secondary N) is 1. The van der Waals surface area contributed by atoms with Crippen LogP contribution in [0.4, 0.5) is 0 Å². The number of aromatic nitrogens is 1. The molecule has 1 N–H and O–H groups in total. The lowest BCUT2D eigenvalue weighted by molar-refractivity contribution is 0.0523. The topological polar surface area (TPSA) is 51.2 Å². The number of fused-ring (bicyclic) bond motifs is 1. The van der Waals surface area contributed by atoms with Crippen molar-refractivity contribution >= 4 is 16.9 Å². The van der Waals surface area contributed by atoms with Gasteiger partial charge in [0, 0.05) is 11.9 Å². The van der Waals surface area contributed by atoms with Crippen LogP contribution < -0.4 is 5.32 Å². The number of para-hydroxylation sites is 1. The van der Waals surface area contributed by atoms with Crippen LogP contribution in [0.3, 0.4) is 0 Å². The normalized spacial score (nSPS) is 11.1. The van der Waals surface area contributed by atoms with Crippen molar-refractivity contribution in [1.29, 1.82) is 0 Å². The van der Waals surface area contributed by atoms with E-state index in [-0.39, 0.29) is 12.0 Å². The molecule has 3 aromatic carbocycles. The summed E-state index contributed by atoms with van der Waals surface area (Å²) in [5.41, 5.74) is 5.34. The Labute approximate surface area is 182 Å². The van der Waals surface area contributed by atoms with E-state index in [4.69, 9.17) is 9.72 Å². The second-order valence-electron chi connectivity index (χ2n) is 7.43. The molecule has 0 aliphatic carbocycles. The van der Waals surface area contributed by atoms with Gasteiger partial charge in [0.05, 0.1) is 29.4 Å². The van der Waals surface area contributed by atoms with Gasteiger partial charge in [0.1, 0.15) is 0 Å². The molecule has 0 radical (unpaired) electrons. The standard InChI is InChI=1S/C27H26N2O2/c1-3-31-27(30)25-19(2)22-16-10-11-17-23(22)29-24(25)18-28-26(20-12-6-4-7-13-20)21-14-8-5-9-15-21/h4-17,26,28H,3,18H2,1-2H3. The van der Waals surface area contributed by atoms with Gasteiger partial charge in [0.25, 0.3) is 0 Å². The Hall–Kier alpha value is -3.50. The minimum Gasteiger partial charge on any atom is -0.462 e. The Morgan fingerprint density at radius 2 is 1.48 bits per heavy atom. The minimum atomic E-state index is -0.328. The summed E-state index contributed by atoms with van der Waals surface area (Å²) in [7, 11) is 0. The summed E-state index contributed by atoms with van der Waals surface area (Å²) in [5, 5.41) is 4.60. The molecule has 0 saturated heterocycles. The summed E-state index contributed by atoms with van der Waals surface area (Å²) in [5.74, 6) is -0.328. The molecule has 4 nitrogen and oxygen atoms in total. The Morgan fingerprint density at radius 1 is 0.903 bits per heavy atom. The monoisotopic (exact) mass is 410 g/mol. The van der Waals surface area contributed by atoms with Crippen LogP contribution in [0, 0.1) is 6.92 Å². The van der Waals surface area contributed by atoms with Crippen molar-refractivity contribution in [3.63, 3.8) is 0 Å². The zero-order chi connectivity index (χ0) is 21.6. The Kier molecular flexibility index (Phi) is 6.39. The van der Waals surface area contributed by atoms with Crippen LogP contribution in [-0.2, 0) is 11.3 Å². The van der Waals surface area contributed by atoms with Crippen LogP contribution in [0.2, 0.25) is 0 Å². The highest BCUT2D eigenvalue weighted by atomic mass is 16.5. The maximum atomic E-state index is 12.8. The van der Waals surface area contributed by atoms with E-state index in [1.54, 1.807) is 0 Å². The first-order valence-corrected chi connectivity index (χ1v) is 10.6. The first kappa shape index (κ1) is 20.8. The van der Waals surface area contributed by atoms with Gasteiger partial charge < -0.3 is 10.1 Å². The van der Waals surface area contributed by atoms with Gasteiger partial charge in [-0.1, -0.05) is 78.9 Å². The van der Waals surface area contributed by atoms with Gasteiger partial charge in [0.2, 0.25) is 0 Å². The van der Waals surface area contributed by atoms with Crippen molar-refractivity contribution in [2.75, 3.05) is 6.61 Å². The fourth-order valence-corrected chi connectivity index (χ4v) is 3.96. The van der Waals surface area contributed by atoms with E-state index in [0.29, 0.717) is 24.4 Å². The highest BCUT2D eigenvalue weighted by Crippen LogP contribution is 2.26. The van der Waals surface area contributed by atoms with Crippen LogP contribution in [0.25, 0.3) is 10.9 Å². The van der Waals surface area contributed by atoms with Gasteiger partial charge >= 0.3 is 5.97 Å². The molecule has 1 heterocycles. The third kappa shape index (κ3) is 4.49. The molecule has 0 spiro atoms. The van der Waals surface area contributed by atoms with Gasteiger partial charge in [0.15, 0.2) is 0 Å². The highest BCUT2D eigenvalue weighted by molar-refractivity contribution is 5.98. The van der Waals surface area contributed by atoms with Gasteiger partial charge in [-0.25, -0.2) is 4.79 Å². The number of hydrogen-bond acceptors (Lipinski definition) is 4. The average Bonchev–Trinajstić information content (AvgIpc) is 2.81. The number of esters is 1. The number of nitrogens with zero attached hydrogens (tertiary/aromatic N) is 1. The van der Waals surface area contributed by atoms with Gasteiger partial charge in [-0.15, -0.1) is 0 Å². The Balaban J connectivity index is 1.74. The number of carbonyl (C=O) groups excluding carboxylic acids is 1. The summed E-state index contributed by atoms with van der Waals surface area (Å²) in [6.07, 6.45) is 0. The summed E-state index contributed by atoms with van der Waals surface area (Å²) >= 11 is 0. The second kappa shape index (κ2) is 9.54. The Bertz CT molecular complexity index is 1130. The molecule has 4 heteroatoms. The summed E-state index contributed by atoms with van der Waals surface area (Å²) in [6, 6.07) is 28.5. The lowest BCUT2D eigenvalue weighted by Gasteiger charge is -2.21.